The van der Waals surface area contributed by atoms with Crippen LogP contribution in [0.25, 0.3) is 0 Å². The van der Waals surface area contributed by atoms with Crippen LogP contribution < -0.4 is 10.6 Å². The molecule has 1 rings (SSSR count). The Hall–Kier alpha value is -1.89. The topological polar surface area (TPSA) is 95.5 Å². The van der Waals surface area contributed by atoms with Gasteiger partial charge in [-0.05, 0) is 24.1 Å². The Morgan fingerprint density at radius 1 is 1.35 bits per heavy atom. The maximum absolute atomic E-state index is 11.6. The van der Waals surface area contributed by atoms with Gasteiger partial charge in [0.1, 0.15) is 0 Å². The molecule has 0 aliphatic carbocycles. The van der Waals surface area contributed by atoms with Crippen LogP contribution in [0, 0.1) is 0 Å². The number of anilines is 1. The molecule has 0 saturated carbocycles. The summed E-state index contributed by atoms with van der Waals surface area (Å²) in [7, 11) is -0.854. The normalized spacial score (nSPS) is 11.7. The highest BCUT2D eigenvalue weighted by molar-refractivity contribution is 7.84. The van der Waals surface area contributed by atoms with Crippen molar-refractivity contribution >= 4 is 28.5 Å². The molecule has 1 aromatic carbocycles. The third-order valence-electron chi connectivity index (χ3n) is 2.43. The van der Waals surface area contributed by atoms with Crippen LogP contribution in [0.1, 0.15) is 12.0 Å². The van der Waals surface area contributed by atoms with Crippen molar-refractivity contribution in [2.24, 2.45) is 0 Å². The first-order chi connectivity index (χ1) is 9.47. The summed E-state index contributed by atoms with van der Waals surface area (Å²) in [5, 5.41) is 14.0. The molecule has 0 aliphatic heterocycles. The molecule has 0 radical (unpaired) electrons. The fourth-order valence-electron chi connectivity index (χ4n) is 1.59. The number of carbonyl (C=O) groups excluding carboxylic acids is 1. The molecule has 1 aromatic rings. The van der Waals surface area contributed by atoms with Crippen molar-refractivity contribution in [3.63, 3.8) is 0 Å². The Bertz CT molecular complexity index is 505. The van der Waals surface area contributed by atoms with Crippen molar-refractivity contribution < 1.29 is 18.9 Å². The minimum atomic E-state index is -0.917. The van der Waals surface area contributed by atoms with E-state index in [4.69, 9.17) is 5.11 Å². The molecular weight excluding hydrogens is 280 g/mol. The fourth-order valence-corrected chi connectivity index (χ4v) is 2.14. The molecule has 7 heteroatoms. The summed E-state index contributed by atoms with van der Waals surface area (Å²) in [6.07, 6.45) is 2.18. The lowest BCUT2D eigenvalue weighted by Crippen LogP contribution is -2.30. The molecule has 0 aromatic heterocycles. The summed E-state index contributed by atoms with van der Waals surface area (Å²) < 4.78 is 10.8. The lowest BCUT2D eigenvalue weighted by Gasteiger charge is -2.08. The molecular formula is C13H18N2O4S. The molecule has 1 atom stereocenters. The summed E-state index contributed by atoms with van der Waals surface area (Å²) >= 11 is 0. The van der Waals surface area contributed by atoms with Crippen LogP contribution in [0.3, 0.4) is 0 Å². The van der Waals surface area contributed by atoms with E-state index in [2.05, 4.69) is 10.6 Å². The van der Waals surface area contributed by atoms with Crippen LogP contribution in [0.15, 0.2) is 24.3 Å². The highest BCUT2D eigenvalue weighted by atomic mass is 32.2. The predicted octanol–water partition coefficient (Wildman–Crippen LogP) is 1.20. The Balaban J connectivity index is 2.41. The van der Waals surface area contributed by atoms with E-state index in [9.17, 15) is 13.8 Å². The molecule has 2 amide bonds. The van der Waals surface area contributed by atoms with E-state index in [1.165, 1.54) is 0 Å². The van der Waals surface area contributed by atoms with Gasteiger partial charge in [0.25, 0.3) is 0 Å². The minimum absolute atomic E-state index is 0.0839. The summed E-state index contributed by atoms with van der Waals surface area (Å²) in [6, 6.07) is 6.32. The second kappa shape index (κ2) is 8.31. The number of carboxylic acid groups (broad SMARTS) is 1. The van der Waals surface area contributed by atoms with Crippen LogP contribution in [0.2, 0.25) is 0 Å². The number of carbonyl (C=O) groups is 2. The van der Waals surface area contributed by atoms with Crippen LogP contribution in [0.4, 0.5) is 10.5 Å². The van der Waals surface area contributed by atoms with E-state index < -0.39 is 16.8 Å². The quantitative estimate of drug-likeness (QED) is 0.659. The van der Waals surface area contributed by atoms with Gasteiger partial charge in [-0.25, -0.2) is 4.79 Å². The van der Waals surface area contributed by atoms with Crippen molar-refractivity contribution in [3.05, 3.63) is 29.8 Å². The van der Waals surface area contributed by atoms with Gasteiger partial charge in [0.05, 0.1) is 6.42 Å². The smallest absolute Gasteiger partial charge is 0.319 e. The average Bonchev–Trinajstić information content (AvgIpc) is 2.34. The zero-order valence-corrected chi connectivity index (χ0v) is 12.0. The summed E-state index contributed by atoms with van der Waals surface area (Å²) in [4.78, 5) is 22.2. The zero-order chi connectivity index (χ0) is 15.0. The molecule has 110 valence electrons. The second-order valence-electron chi connectivity index (χ2n) is 4.28. The van der Waals surface area contributed by atoms with Gasteiger partial charge < -0.3 is 15.7 Å². The summed E-state index contributed by atoms with van der Waals surface area (Å²) in [6.45, 7) is 0.445. The van der Waals surface area contributed by atoms with Gasteiger partial charge in [0, 0.05) is 35.0 Å². The SMILES string of the molecule is CS(=O)CCCNC(=O)Nc1cccc(CC(=O)O)c1. The first-order valence-electron chi connectivity index (χ1n) is 6.13. The summed E-state index contributed by atoms with van der Waals surface area (Å²) in [5.41, 5.74) is 1.16. The Labute approximate surface area is 120 Å². The molecule has 0 fully saturated rings. The van der Waals surface area contributed by atoms with Gasteiger partial charge >= 0.3 is 12.0 Å². The fraction of sp³-hybridized carbons (Fsp3) is 0.385. The Kier molecular flexibility index (Phi) is 6.72. The van der Waals surface area contributed by atoms with Crippen molar-refractivity contribution in [1.82, 2.24) is 5.32 Å². The minimum Gasteiger partial charge on any atom is -0.481 e. The lowest BCUT2D eigenvalue weighted by atomic mass is 10.1. The van der Waals surface area contributed by atoms with Crippen LogP contribution in [-0.2, 0) is 22.0 Å². The van der Waals surface area contributed by atoms with Gasteiger partial charge in [-0.1, -0.05) is 12.1 Å². The molecule has 1 unspecified atom stereocenters. The van der Waals surface area contributed by atoms with Gasteiger partial charge in [-0.2, -0.15) is 0 Å². The molecule has 0 spiro atoms. The molecule has 0 heterocycles. The number of carboxylic acids is 1. The number of rotatable bonds is 7. The van der Waals surface area contributed by atoms with E-state index in [0.717, 1.165) is 0 Å². The largest absolute Gasteiger partial charge is 0.481 e. The highest BCUT2D eigenvalue weighted by Gasteiger charge is 2.04. The predicted molar refractivity (Wildman–Crippen MR) is 78.4 cm³/mol. The van der Waals surface area contributed by atoms with Crippen molar-refractivity contribution in [2.75, 3.05) is 23.9 Å². The number of benzene rings is 1. The van der Waals surface area contributed by atoms with E-state index in [-0.39, 0.29) is 12.5 Å². The van der Waals surface area contributed by atoms with Gasteiger partial charge in [-0.3, -0.25) is 9.00 Å². The Morgan fingerprint density at radius 3 is 2.75 bits per heavy atom. The lowest BCUT2D eigenvalue weighted by molar-refractivity contribution is -0.136. The van der Waals surface area contributed by atoms with Crippen molar-refractivity contribution in [1.29, 1.82) is 0 Å². The van der Waals surface area contributed by atoms with Gasteiger partial charge in [-0.15, -0.1) is 0 Å². The molecule has 3 N–H and O–H groups in total. The number of hydrogen-bond donors (Lipinski definition) is 3. The third-order valence-corrected chi connectivity index (χ3v) is 3.30. The van der Waals surface area contributed by atoms with E-state index in [0.29, 0.717) is 30.0 Å². The first-order valence-corrected chi connectivity index (χ1v) is 7.85. The van der Waals surface area contributed by atoms with Gasteiger partial charge in [0.15, 0.2) is 0 Å². The molecule has 0 saturated heterocycles. The number of amides is 2. The molecule has 6 nitrogen and oxygen atoms in total. The standard InChI is InChI=1S/C13H18N2O4S/c1-20(19)7-3-6-14-13(18)15-11-5-2-4-10(8-11)9-12(16)17/h2,4-5,8H,3,6-7,9H2,1H3,(H,16,17)(H2,14,15,18). The van der Waals surface area contributed by atoms with E-state index >= 15 is 0 Å². The number of nitrogens with one attached hydrogen (secondary N) is 2. The maximum atomic E-state index is 11.6. The number of urea groups is 1. The third kappa shape index (κ3) is 6.89. The first kappa shape index (κ1) is 16.2. The van der Waals surface area contributed by atoms with Crippen molar-refractivity contribution in [3.8, 4) is 0 Å². The van der Waals surface area contributed by atoms with E-state index in [1.54, 1.807) is 30.5 Å². The zero-order valence-electron chi connectivity index (χ0n) is 11.2. The van der Waals surface area contributed by atoms with E-state index in [1.807, 2.05) is 0 Å². The number of aliphatic carboxylic acids is 1. The summed E-state index contributed by atoms with van der Waals surface area (Å²) in [5.74, 6) is -0.367. The molecule has 0 aliphatic rings. The average molecular weight is 298 g/mol. The van der Waals surface area contributed by atoms with Crippen LogP contribution in [0.5, 0.6) is 0 Å². The molecule has 20 heavy (non-hydrogen) atoms. The monoisotopic (exact) mass is 298 g/mol. The Morgan fingerprint density at radius 2 is 2.10 bits per heavy atom. The van der Waals surface area contributed by atoms with Crippen molar-refractivity contribution in [2.45, 2.75) is 12.8 Å². The van der Waals surface area contributed by atoms with Crippen LogP contribution in [-0.4, -0.2) is 39.9 Å². The molecule has 0 bridgehead atoms. The second-order valence-corrected chi connectivity index (χ2v) is 5.84. The highest BCUT2D eigenvalue weighted by Crippen LogP contribution is 2.11. The van der Waals surface area contributed by atoms with Crippen LogP contribution >= 0.6 is 0 Å². The van der Waals surface area contributed by atoms with Gasteiger partial charge in [0.2, 0.25) is 0 Å². The number of hydrogen-bond acceptors (Lipinski definition) is 3. The maximum Gasteiger partial charge on any atom is 0.319 e.